The molecule has 7 heteroatoms. The zero-order valence-electron chi connectivity index (χ0n) is 14.3. The van der Waals surface area contributed by atoms with Crippen molar-refractivity contribution < 1.29 is 14.6 Å². The number of carbonyl (C=O) groups is 1. The molecule has 1 fully saturated rings. The number of hydrogen-bond donors (Lipinski definition) is 1. The number of aromatic nitrogens is 1. The molecular weight excluding hydrogens is 377 g/mol. The van der Waals surface area contributed by atoms with Crippen molar-refractivity contribution in [1.82, 2.24) is 4.57 Å². The molecule has 3 rings (SSSR count). The van der Waals surface area contributed by atoms with Crippen molar-refractivity contribution in [2.75, 3.05) is 0 Å². The highest BCUT2D eigenvalue weighted by Gasteiger charge is 2.25. The number of halogens is 2. The zero-order valence-corrected chi connectivity index (χ0v) is 15.8. The lowest BCUT2D eigenvalue weighted by Gasteiger charge is -2.22. The number of carboxylic acid groups (broad SMARTS) is 1. The Morgan fingerprint density at radius 3 is 2.50 bits per heavy atom. The molecule has 0 amide bonds. The smallest absolute Gasteiger partial charge is 0.341 e. The molecule has 1 N–H and O–H groups in total. The molecule has 1 aliphatic rings. The average Bonchev–Trinajstić information content (AvgIpc) is 3.09. The fourth-order valence-corrected chi connectivity index (χ4v) is 3.66. The van der Waals surface area contributed by atoms with Gasteiger partial charge >= 0.3 is 5.97 Å². The van der Waals surface area contributed by atoms with Gasteiger partial charge in [0.2, 0.25) is 5.43 Å². The van der Waals surface area contributed by atoms with Gasteiger partial charge in [-0.05, 0) is 44.7 Å². The van der Waals surface area contributed by atoms with Gasteiger partial charge in [0.05, 0.1) is 15.7 Å². The normalized spacial score (nSPS) is 14.6. The molecule has 1 aromatic heterocycles. The molecule has 2 aromatic rings. The highest BCUT2D eigenvalue weighted by Crippen LogP contribution is 2.33. The minimum Gasteiger partial charge on any atom is -0.477 e. The third kappa shape index (κ3) is 3.60. The molecule has 1 aromatic carbocycles. The first-order valence-electron chi connectivity index (χ1n) is 8.55. The Kier molecular flexibility index (Phi) is 5.58. The van der Waals surface area contributed by atoms with Crippen LogP contribution in [0, 0.1) is 0 Å². The fraction of sp³-hybridized carbons (Fsp3) is 0.368. The second kappa shape index (κ2) is 7.72. The van der Waals surface area contributed by atoms with Gasteiger partial charge in [-0.15, -0.1) is 0 Å². The summed E-state index contributed by atoms with van der Waals surface area (Å²) in [6.07, 6.45) is 4.09. The van der Waals surface area contributed by atoms with Gasteiger partial charge in [0.25, 0.3) is 0 Å². The summed E-state index contributed by atoms with van der Waals surface area (Å²) in [5.74, 6) is -0.902. The van der Waals surface area contributed by atoms with Crippen LogP contribution in [0.25, 0.3) is 11.3 Å². The maximum atomic E-state index is 12.5. The van der Waals surface area contributed by atoms with E-state index in [0.29, 0.717) is 23.0 Å². The van der Waals surface area contributed by atoms with Crippen LogP contribution >= 0.6 is 23.2 Å². The summed E-state index contributed by atoms with van der Waals surface area (Å²) in [6, 6.07) is 6.07. The number of hydrogen-bond acceptors (Lipinski definition) is 3. The van der Waals surface area contributed by atoms with Gasteiger partial charge in [-0.2, -0.15) is 0 Å². The third-order valence-electron chi connectivity index (χ3n) is 4.59. The number of pyridine rings is 1. The Morgan fingerprint density at radius 1 is 1.23 bits per heavy atom. The van der Waals surface area contributed by atoms with E-state index in [4.69, 9.17) is 27.9 Å². The first kappa shape index (κ1) is 18.8. The summed E-state index contributed by atoms with van der Waals surface area (Å²) in [6.45, 7) is 2.32. The van der Waals surface area contributed by atoms with Crippen molar-refractivity contribution in [2.24, 2.45) is 0 Å². The monoisotopic (exact) mass is 395 g/mol. The van der Waals surface area contributed by atoms with Gasteiger partial charge in [-0.1, -0.05) is 29.3 Å². The van der Waals surface area contributed by atoms with Crippen LogP contribution < -0.4 is 10.2 Å². The largest absolute Gasteiger partial charge is 0.477 e. The van der Waals surface area contributed by atoms with Gasteiger partial charge in [-0.25, -0.2) is 4.79 Å². The van der Waals surface area contributed by atoms with E-state index >= 15 is 0 Å². The zero-order chi connectivity index (χ0) is 18.8. The lowest BCUT2D eigenvalue weighted by atomic mass is 10.0. The van der Waals surface area contributed by atoms with E-state index in [0.717, 1.165) is 25.7 Å². The Hall–Kier alpha value is -1.98. The number of carboxylic acids is 1. The van der Waals surface area contributed by atoms with E-state index in [9.17, 15) is 14.7 Å². The molecule has 1 heterocycles. The molecule has 0 bridgehead atoms. The molecule has 0 atom stereocenters. The minimum atomic E-state index is -1.29. The van der Waals surface area contributed by atoms with E-state index in [1.54, 1.807) is 22.8 Å². The van der Waals surface area contributed by atoms with Crippen LogP contribution in [-0.4, -0.2) is 21.7 Å². The maximum absolute atomic E-state index is 12.5. The Balaban J connectivity index is 2.23. The molecule has 1 aliphatic carbocycles. The predicted octanol–water partition coefficient (Wildman–Crippen LogP) is 4.86. The number of rotatable bonds is 5. The highest BCUT2D eigenvalue weighted by molar-refractivity contribution is 6.42. The quantitative estimate of drug-likeness (QED) is 0.784. The van der Waals surface area contributed by atoms with E-state index in [1.165, 1.54) is 6.07 Å². The number of ether oxygens (including phenoxy) is 1. The third-order valence-corrected chi connectivity index (χ3v) is 5.33. The van der Waals surface area contributed by atoms with E-state index in [1.807, 2.05) is 6.92 Å². The average molecular weight is 396 g/mol. The molecule has 26 heavy (non-hydrogen) atoms. The summed E-state index contributed by atoms with van der Waals surface area (Å²) in [4.78, 5) is 24.3. The molecule has 0 spiro atoms. The first-order valence-corrected chi connectivity index (χ1v) is 9.31. The summed E-state index contributed by atoms with van der Waals surface area (Å²) in [5.41, 5.74) is -0.105. The molecule has 138 valence electrons. The van der Waals surface area contributed by atoms with Gasteiger partial charge in [0.1, 0.15) is 11.7 Å². The van der Waals surface area contributed by atoms with E-state index in [2.05, 4.69) is 0 Å². The molecule has 0 aliphatic heterocycles. The predicted molar refractivity (Wildman–Crippen MR) is 102 cm³/mol. The van der Waals surface area contributed by atoms with Crippen molar-refractivity contribution in [3.63, 3.8) is 0 Å². The van der Waals surface area contributed by atoms with Crippen LogP contribution in [-0.2, 0) is 6.54 Å². The Morgan fingerprint density at radius 2 is 1.92 bits per heavy atom. The van der Waals surface area contributed by atoms with Crippen LogP contribution in [0.1, 0.15) is 43.0 Å². The van der Waals surface area contributed by atoms with E-state index < -0.39 is 11.4 Å². The second-order valence-corrected chi connectivity index (χ2v) is 7.09. The molecule has 0 saturated heterocycles. The van der Waals surface area contributed by atoms with Crippen LogP contribution in [0.5, 0.6) is 5.88 Å². The standard InChI is InChI=1S/C19H19Cl2NO4/c1-2-22-16(26-12-5-3-4-6-12)10-15(23)17(19(24)25)18(22)11-7-8-13(20)14(21)9-11/h7-10,12H,2-6H2,1H3,(H,24,25). The lowest BCUT2D eigenvalue weighted by Crippen LogP contribution is -2.24. The van der Waals surface area contributed by atoms with Crippen molar-refractivity contribution in [1.29, 1.82) is 0 Å². The highest BCUT2D eigenvalue weighted by atomic mass is 35.5. The Labute approximate surface area is 161 Å². The van der Waals surface area contributed by atoms with Gasteiger partial charge in [-0.3, -0.25) is 4.79 Å². The minimum absolute atomic E-state index is 0.0459. The van der Waals surface area contributed by atoms with E-state index in [-0.39, 0.29) is 22.4 Å². The molecule has 1 saturated carbocycles. The SMILES string of the molecule is CCn1c(OC2CCCC2)cc(=O)c(C(=O)O)c1-c1ccc(Cl)c(Cl)c1. The van der Waals surface area contributed by atoms with Crippen molar-refractivity contribution in [3.8, 4) is 17.1 Å². The Bertz CT molecular complexity index is 901. The summed E-state index contributed by atoms with van der Waals surface area (Å²) in [5, 5.41) is 10.3. The molecule has 0 radical (unpaired) electrons. The number of benzene rings is 1. The first-order chi connectivity index (χ1) is 12.4. The summed E-state index contributed by atoms with van der Waals surface area (Å²) < 4.78 is 7.75. The number of nitrogens with zero attached hydrogens (tertiary/aromatic N) is 1. The summed E-state index contributed by atoms with van der Waals surface area (Å²) in [7, 11) is 0. The van der Waals surface area contributed by atoms with Crippen LogP contribution in [0.2, 0.25) is 10.0 Å². The topological polar surface area (TPSA) is 68.5 Å². The van der Waals surface area contributed by atoms with Crippen molar-refractivity contribution in [2.45, 2.75) is 45.3 Å². The van der Waals surface area contributed by atoms with Crippen LogP contribution in [0.4, 0.5) is 0 Å². The second-order valence-electron chi connectivity index (χ2n) is 6.27. The van der Waals surface area contributed by atoms with Gasteiger partial charge < -0.3 is 14.4 Å². The fourth-order valence-electron chi connectivity index (χ4n) is 3.36. The molecular formula is C19H19Cl2NO4. The lowest BCUT2D eigenvalue weighted by molar-refractivity contribution is 0.0695. The maximum Gasteiger partial charge on any atom is 0.341 e. The van der Waals surface area contributed by atoms with Crippen LogP contribution in [0.15, 0.2) is 29.1 Å². The van der Waals surface area contributed by atoms with Gasteiger partial charge in [0, 0.05) is 18.2 Å². The van der Waals surface area contributed by atoms with Gasteiger partial charge in [0.15, 0.2) is 5.88 Å². The molecule has 5 nitrogen and oxygen atoms in total. The number of aromatic carboxylic acids is 1. The van der Waals surface area contributed by atoms with Crippen LogP contribution in [0.3, 0.4) is 0 Å². The molecule has 0 unspecified atom stereocenters. The van der Waals surface area contributed by atoms with Crippen molar-refractivity contribution in [3.05, 3.63) is 50.1 Å². The summed E-state index contributed by atoms with van der Waals surface area (Å²) >= 11 is 12.1. The van der Waals surface area contributed by atoms with Crippen molar-refractivity contribution >= 4 is 29.2 Å².